The lowest BCUT2D eigenvalue weighted by Crippen LogP contribution is -2.26. The summed E-state index contributed by atoms with van der Waals surface area (Å²) < 4.78 is 33.4. The van der Waals surface area contributed by atoms with Crippen LogP contribution in [-0.4, -0.2) is 9.55 Å². The largest absolute Gasteiger partial charge is 0.457 e. The summed E-state index contributed by atoms with van der Waals surface area (Å²) in [5.74, 6) is 1.86. The third-order valence-corrected chi connectivity index (χ3v) is 11.3. The standard InChI is InChI=1S/C47H35BrN2O/c1-28-23-30(48)26-32(24-28)51-31-17-18-37-42(27-31)50(43-25-29(21-22-49-43)46(2,3)4)41-20-19-36-35-13-7-10-16-40(35)47(45(36)44(37)41)38-14-8-5-11-33(38)34-12-6-9-15-39(34)47/h5-27H,1-4H3/i1D3. The maximum atomic E-state index is 8.02. The van der Waals surface area contributed by atoms with Gasteiger partial charge in [-0.2, -0.15) is 0 Å². The van der Waals surface area contributed by atoms with Gasteiger partial charge in [0.2, 0.25) is 0 Å². The molecule has 1 spiro atoms. The zero-order valence-electron chi connectivity index (χ0n) is 31.5. The Labute approximate surface area is 310 Å². The number of fused-ring (bicyclic) bond motifs is 14. The van der Waals surface area contributed by atoms with E-state index in [4.69, 9.17) is 13.8 Å². The smallest absolute Gasteiger partial charge is 0.137 e. The number of benzene rings is 6. The molecule has 0 saturated carbocycles. The van der Waals surface area contributed by atoms with Crippen LogP contribution in [0, 0.1) is 6.85 Å². The second kappa shape index (κ2) is 10.8. The lowest BCUT2D eigenvalue weighted by molar-refractivity contribution is 0.482. The van der Waals surface area contributed by atoms with Gasteiger partial charge in [-0.3, -0.25) is 4.57 Å². The molecule has 2 aliphatic rings. The van der Waals surface area contributed by atoms with Gasteiger partial charge in [0.25, 0.3) is 0 Å². The highest BCUT2D eigenvalue weighted by Gasteiger charge is 2.52. The van der Waals surface area contributed by atoms with Crippen LogP contribution in [0.15, 0.2) is 144 Å². The van der Waals surface area contributed by atoms with Crippen LogP contribution in [0.25, 0.3) is 49.9 Å². The molecule has 4 heteroatoms. The number of nitrogens with zero attached hydrogens (tertiary/aromatic N) is 2. The maximum Gasteiger partial charge on any atom is 0.137 e. The zero-order chi connectivity index (χ0) is 37.1. The van der Waals surface area contributed by atoms with E-state index in [0.29, 0.717) is 16.0 Å². The van der Waals surface area contributed by atoms with E-state index in [0.717, 1.165) is 22.2 Å². The Morgan fingerprint density at radius 1 is 0.667 bits per heavy atom. The Morgan fingerprint density at radius 2 is 1.33 bits per heavy atom. The van der Waals surface area contributed by atoms with E-state index >= 15 is 0 Å². The summed E-state index contributed by atoms with van der Waals surface area (Å²) in [6.07, 6.45) is 1.90. The molecule has 2 aromatic heterocycles. The topological polar surface area (TPSA) is 27.1 Å². The molecule has 246 valence electrons. The van der Waals surface area contributed by atoms with Gasteiger partial charge in [0, 0.05) is 31.6 Å². The fourth-order valence-electron chi connectivity index (χ4n) is 8.75. The lowest BCUT2D eigenvalue weighted by atomic mass is 9.69. The fraction of sp³-hybridized carbons (Fsp3) is 0.128. The first-order chi connectivity index (χ1) is 25.9. The van der Waals surface area contributed by atoms with Crippen LogP contribution in [0.1, 0.15) is 58.3 Å². The summed E-state index contributed by atoms with van der Waals surface area (Å²) in [5, 5.41) is 2.26. The van der Waals surface area contributed by atoms with E-state index in [-0.39, 0.29) is 11.0 Å². The average Bonchev–Trinajstić information content (AvgIpc) is 3.75. The normalized spacial score (nSPS) is 14.9. The summed E-state index contributed by atoms with van der Waals surface area (Å²) in [6.45, 7) is 4.39. The van der Waals surface area contributed by atoms with Crippen molar-refractivity contribution in [2.75, 3.05) is 0 Å². The van der Waals surface area contributed by atoms with Crippen molar-refractivity contribution in [2.45, 2.75) is 38.5 Å². The van der Waals surface area contributed by atoms with Gasteiger partial charge in [-0.25, -0.2) is 4.98 Å². The summed E-state index contributed by atoms with van der Waals surface area (Å²) in [7, 11) is 0. The van der Waals surface area contributed by atoms with E-state index in [1.807, 2.05) is 12.3 Å². The number of ether oxygens (including phenoxy) is 1. The molecule has 0 atom stereocenters. The van der Waals surface area contributed by atoms with Crippen molar-refractivity contribution < 1.29 is 8.85 Å². The van der Waals surface area contributed by atoms with Crippen molar-refractivity contribution in [2.24, 2.45) is 0 Å². The van der Waals surface area contributed by atoms with Crippen LogP contribution >= 0.6 is 15.9 Å². The van der Waals surface area contributed by atoms with Crippen molar-refractivity contribution in [3.63, 3.8) is 0 Å². The number of rotatable bonds is 3. The molecule has 0 fully saturated rings. The number of pyridine rings is 1. The molecule has 0 amide bonds. The van der Waals surface area contributed by atoms with E-state index in [2.05, 4.69) is 150 Å². The summed E-state index contributed by atoms with van der Waals surface area (Å²) in [5.41, 5.74) is 12.9. The minimum Gasteiger partial charge on any atom is -0.457 e. The van der Waals surface area contributed by atoms with Gasteiger partial charge >= 0.3 is 0 Å². The molecule has 3 nitrogen and oxygen atoms in total. The predicted octanol–water partition coefficient (Wildman–Crippen LogP) is 12.7. The van der Waals surface area contributed by atoms with E-state index < -0.39 is 12.3 Å². The maximum absolute atomic E-state index is 8.02. The highest BCUT2D eigenvalue weighted by Crippen LogP contribution is 2.64. The predicted molar refractivity (Wildman–Crippen MR) is 213 cm³/mol. The van der Waals surface area contributed by atoms with Crippen LogP contribution in [0.3, 0.4) is 0 Å². The molecule has 6 aromatic carbocycles. The third kappa shape index (κ3) is 4.26. The van der Waals surface area contributed by atoms with Crippen LogP contribution in [0.5, 0.6) is 11.5 Å². The number of aromatic nitrogens is 2. The first kappa shape index (κ1) is 27.3. The number of aryl methyl sites for hydroxylation is 1. The van der Waals surface area contributed by atoms with Gasteiger partial charge in [-0.1, -0.05) is 116 Å². The second-order valence-corrected chi connectivity index (χ2v) is 15.6. The first-order valence-corrected chi connectivity index (χ1v) is 18.1. The molecule has 2 heterocycles. The number of hydrogen-bond acceptors (Lipinski definition) is 2. The summed E-state index contributed by atoms with van der Waals surface area (Å²) in [6, 6.07) is 46.7. The molecule has 10 rings (SSSR count). The van der Waals surface area contributed by atoms with Gasteiger partial charge in [0.15, 0.2) is 0 Å². The van der Waals surface area contributed by atoms with E-state index in [1.54, 1.807) is 18.2 Å². The highest BCUT2D eigenvalue weighted by atomic mass is 79.9. The van der Waals surface area contributed by atoms with E-state index in [9.17, 15) is 0 Å². The van der Waals surface area contributed by atoms with Crippen LogP contribution < -0.4 is 4.74 Å². The second-order valence-electron chi connectivity index (χ2n) is 14.7. The quantitative estimate of drug-likeness (QED) is 0.181. The third-order valence-electron chi connectivity index (χ3n) is 10.8. The Kier molecular flexibility index (Phi) is 5.77. The van der Waals surface area contributed by atoms with Crippen LogP contribution in [-0.2, 0) is 10.8 Å². The van der Waals surface area contributed by atoms with Crippen molar-refractivity contribution >= 4 is 37.7 Å². The highest BCUT2D eigenvalue weighted by molar-refractivity contribution is 9.10. The number of hydrogen-bond donors (Lipinski definition) is 0. The van der Waals surface area contributed by atoms with Crippen molar-refractivity contribution in [1.82, 2.24) is 9.55 Å². The molecule has 0 aliphatic heterocycles. The Hall–Kier alpha value is -5.45. The Morgan fingerprint density at radius 3 is 2.00 bits per heavy atom. The molecular weight excluding hydrogens is 688 g/mol. The average molecular weight is 727 g/mol. The Bertz CT molecular complexity index is 2800. The van der Waals surface area contributed by atoms with Gasteiger partial charge in [-0.15, -0.1) is 0 Å². The molecule has 8 aromatic rings. The molecule has 0 saturated heterocycles. The van der Waals surface area contributed by atoms with Crippen LogP contribution in [0.2, 0.25) is 0 Å². The Balaban J connectivity index is 1.31. The summed E-state index contributed by atoms with van der Waals surface area (Å²) >= 11 is 3.50. The molecule has 0 radical (unpaired) electrons. The van der Waals surface area contributed by atoms with Crippen LogP contribution in [0.4, 0.5) is 0 Å². The summed E-state index contributed by atoms with van der Waals surface area (Å²) in [4.78, 5) is 5.01. The molecular formula is C47H35BrN2O. The van der Waals surface area contributed by atoms with E-state index in [1.165, 1.54) is 55.5 Å². The first-order valence-electron chi connectivity index (χ1n) is 18.8. The molecule has 0 bridgehead atoms. The minimum absolute atomic E-state index is 0.0872. The number of halogens is 1. The lowest BCUT2D eigenvalue weighted by Gasteiger charge is -2.31. The molecule has 51 heavy (non-hydrogen) atoms. The molecule has 2 aliphatic carbocycles. The van der Waals surface area contributed by atoms with Gasteiger partial charge < -0.3 is 4.74 Å². The van der Waals surface area contributed by atoms with Gasteiger partial charge in [0.1, 0.15) is 17.3 Å². The monoisotopic (exact) mass is 725 g/mol. The zero-order valence-corrected chi connectivity index (χ0v) is 30.0. The fourth-order valence-corrected chi connectivity index (χ4v) is 9.22. The molecule has 0 N–H and O–H groups in total. The minimum atomic E-state index is -2.27. The van der Waals surface area contributed by atoms with Crippen molar-refractivity contribution in [3.8, 4) is 39.6 Å². The van der Waals surface area contributed by atoms with Crippen molar-refractivity contribution in [1.29, 1.82) is 0 Å². The molecule has 0 unspecified atom stereocenters. The van der Waals surface area contributed by atoms with Gasteiger partial charge in [-0.05, 0) is 116 Å². The SMILES string of the molecule is [2H]C([2H])([2H])c1cc(Br)cc(Oc2ccc3c4c5c(ccc4n(-c4cc(C(C)(C)C)ccn4)c3c2)-c2ccccc2C52c3ccccc3-c3ccccc32)c1. The van der Waals surface area contributed by atoms with Crippen molar-refractivity contribution in [3.05, 3.63) is 178 Å². The van der Waals surface area contributed by atoms with Gasteiger partial charge in [0.05, 0.1) is 16.4 Å².